The fourth-order valence-electron chi connectivity index (χ4n) is 4.50. The summed E-state index contributed by atoms with van der Waals surface area (Å²) >= 11 is 0. The van der Waals surface area contributed by atoms with Gasteiger partial charge in [-0.15, -0.1) is 6.42 Å². The summed E-state index contributed by atoms with van der Waals surface area (Å²) in [6, 6.07) is 0. The van der Waals surface area contributed by atoms with Crippen molar-refractivity contribution < 1.29 is 0 Å². The van der Waals surface area contributed by atoms with E-state index in [2.05, 4.69) is 858 Å². The highest BCUT2D eigenvalue weighted by atomic mass is 13.7. The van der Waals surface area contributed by atoms with Gasteiger partial charge < -0.3 is 0 Å². The number of rotatable bonds is 0. The van der Waals surface area contributed by atoms with E-state index in [0.717, 1.165) is 0 Å². The minimum atomic E-state index is 1.68. The lowest BCUT2D eigenvalue weighted by atomic mass is 10.4. The predicted molar refractivity (Wildman–Crippen MR) is 574 cm³/mol. The van der Waals surface area contributed by atoms with E-state index in [4.69, 9.17) is 6.42 Å². The van der Waals surface area contributed by atoms with Gasteiger partial charge in [-0.2, -0.15) is 0 Å². The van der Waals surface area contributed by atoms with Gasteiger partial charge in [0.25, 0.3) is 0 Å². The highest BCUT2D eigenvalue weighted by molar-refractivity contribution is 5.60. The molecule has 0 aliphatic carbocycles. The van der Waals surface area contributed by atoms with Crippen LogP contribution in [0.4, 0.5) is 0 Å². The van der Waals surface area contributed by atoms with Gasteiger partial charge in [-0.3, -0.25) is 0 Å². The van der Waals surface area contributed by atoms with Crippen molar-refractivity contribution in [1.82, 2.24) is 0 Å². The quantitative estimate of drug-likeness (QED) is 0.317. The Morgan fingerprint density at radius 2 is 0.0884 bits per heavy atom. The third-order valence-electron chi connectivity index (χ3n) is 9.07. The van der Waals surface area contributed by atoms with E-state index in [0.29, 0.717) is 0 Å². The molecule has 0 saturated heterocycles. The third kappa shape index (κ3) is 114. The zero-order valence-corrected chi connectivity index (χ0v) is 74.1. The van der Waals surface area contributed by atoms with Crippen LogP contribution in [-0.4, -0.2) is 0 Å². The Hall–Kier alpha value is -32.1. The summed E-state index contributed by atoms with van der Waals surface area (Å²) in [5, 5.41) is 0. The topological polar surface area (TPSA) is 0 Å². The summed E-state index contributed by atoms with van der Waals surface area (Å²) in [7, 11) is 0. The van der Waals surface area contributed by atoms with Crippen LogP contribution in [0.2, 0.25) is 0 Å². The van der Waals surface area contributed by atoms with Crippen molar-refractivity contribution >= 4 is 0 Å². The van der Waals surface area contributed by atoms with E-state index in [-0.39, 0.29) is 0 Å². The number of hydrogen-bond acceptors (Lipinski definition) is 0. The van der Waals surface area contributed by atoms with Gasteiger partial charge >= 0.3 is 0 Å². The first-order valence-corrected chi connectivity index (χ1v) is 36.8. The molecular weight excluding hydrogens is 1770 g/mol. The molecule has 0 spiro atoms. The zero-order chi connectivity index (χ0) is 105. The maximum Gasteiger partial charge on any atom is 0 e. The first-order chi connectivity index (χ1) is 73.4. The molecule has 0 N–H and O–H groups in total. The molecule has 0 heterocycles. The average Bonchev–Trinajstić information content (AvgIpc) is 1.11. The Kier molecular flexibility index (Phi) is 89.0. The van der Waals surface area contributed by atoms with Crippen molar-refractivity contribution in [2.75, 3.05) is 0 Å². The van der Waals surface area contributed by atoms with E-state index < -0.39 is 0 Å². The largest absolute Gasteiger partial charge is 0.106 e. The van der Waals surface area contributed by atoms with Gasteiger partial charge in [0.1, 0.15) is 0 Å². The molecule has 0 aliphatic rings. The molecule has 0 atom stereocenters. The molecule has 0 bridgehead atoms. The fourth-order valence-corrected chi connectivity index (χ4v) is 4.50. The van der Waals surface area contributed by atoms with E-state index in [9.17, 15) is 0 Å². The summed E-state index contributed by atoms with van der Waals surface area (Å²) in [6.07, 6.45) is 4.96. The summed E-state index contributed by atoms with van der Waals surface area (Å²) in [5.41, 5.74) is 0. The maximum atomic E-state index is 4.96. The molecule has 147 heavy (non-hydrogen) atoms. The lowest BCUT2D eigenvalue weighted by Gasteiger charge is -1.58. The molecule has 0 aliphatic heterocycles. The van der Waals surface area contributed by atoms with Crippen molar-refractivity contribution in [3.63, 3.8) is 0 Å². The Labute approximate surface area is 865 Å². The normalized spacial score (nSPS) is 3.97. The molecule has 0 amide bonds. The molecule has 0 fully saturated rings. The van der Waals surface area contributed by atoms with Gasteiger partial charge in [0.2, 0.25) is 0 Å². The highest BCUT2D eigenvalue weighted by Crippen LogP contribution is 1.72. The van der Waals surface area contributed by atoms with Crippen LogP contribution in [0.5, 0.6) is 0 Å². The Morgan fingerprint density at radius 1 is 0.0544 bits per heavy atom. The van der Waals surface area contributed by atoms with Crippen molar-refractivity contribution in [3.05, 3.63) is 0 Å². The number of hydrogen-bond donors (Lipinski definition) is 0. The van der Waals surface area contributed by atoms with Crippen LogP contribution in [0.1, 0.15) is 6.92 Å². The first kappa shape index (κ1) is 115. The molecule has 0 aromatic carbocycles. The predicted octanol–water partition coefficient (Wildman–Crippen LogP) is 0.884. The molecular formula is C147H4. The Balaban J connectivity index is 4.66. The molecule has 0 aromatic heterocycles. The van der Waals surface area contributed by atoms with Crippen LogP contribution >= 0.6 is 0 Å². The Morgan fingerprint density at radius 3 is 0.122 bits per heavy atom. The van der Waals surface area contributed by atoms with E-state index in [1.807, 2.05) is 0 Å². The summed E-state index contributed by atoms with van der Waals surface area (Å²) in [4.78, 5) is 0. The van der Waals surface area contributed by atoms with Crippen molar-refractivity contribution in [2.45, 2.75) is 6.92 Å². The average molecular weight is 1770 g/mol. The Bertz CT molecular complexity index is 10100. The fraction of sp³-hybridized carbons (Fsp3) is 0.00680. The van der Waals surface area contributed by atoms with Gasteiger partial charge in [0.05, 0.1) is 0 Å². The SMILES string of the molecule is C#CC#CC#CC#CC#CC#CC#CC#CC#CC#CC#CC#CC#CC#CC#CC#CC#CC#CC#CC#CC#CC#CC#CC#CC#CC#CC#CC#CC#CC#CC#CC#CC#CC#CC#CC#CC#CC#CC#CC#CC#CC#CC#CC#CC#CC#CC#CC#CC#CC#CC#CC#CC#CC#CC#CC#CC#CC#CC#CC#CC#CC#CC#CC#CC#CC#CC#CC#CC#CC#CC#CC#CC#CC. The molecule has 0 heteroatoms. The van der Waals surface area contributed by atoms with Crippen LogP contribution in [0.25, 0.3) is 0 Å². The lowest BCUT2D eigenvalue weighted by molar-refractivity contribution is 1.92. The summed E-state index contributed by atoms with van der Waals surface area (Å²) in [6.45, 7) is 1.68. The smallest absolute Gasteiger partial charge is 0 e. The molecule has 0 unspecified atom stereocenters. The van der Waals surface area contributed by atoms with Crippen molar-refractivity contribution in [1.29, 1.82) is 0 Å². The van der Waals surface area contributed by atoms with Crippen LogP contribution in [0.3, 0.4) is 0 Å². The van der Waals surface area contributed by atoms with E-state index in [1.54, 1.807) is 6.92 Å². The second kappa shape index (κ2) is 114. The first-order valence-electron chi connectivity index (χ1n) is 36.8. The van der Waals surface area contributed by atoms with Crippen LogP contribution in [0, 0.1) is 865 Å². The van der Waals surface area contributed by atoms with Crippen LogP contribution in [-0.2, 0) is 0 Å². The summed E-state index contributed by atoms with van der Waals surface area (Å²) in [5.74, 6) is 362. The lowest BCUT2D eigenvalue weighted by Crippen LogP contribution is -1.57. The zero-order valence-electron chi connectivity index (χ0n) is 74.1. The molecule has 0 rings (SSSR count). The van der Waals surface area contributed by atoms with Gasteiger partial charge in [0, 0.05) is 758 Å². The standard InChI is InChI=1S/C147H4/c1-3-5-7-9-11-13-15-17-19-21-23-25-27-29-31-33-35-37-39-41-43-45-47-49-51-53-55-57-59-61-63-65-67-69-71-73-75-77-79-81-83-85-87-89-91-93-95-97-99-101-103-105-107-109-111-113-115-117-119-121-123-125-127-129-131-133-135-137-139-141-143-145-147-146-144-142-140-138-136-134-132-130-128-126-124-122-120-118-116-114-112-110-108-106-104-102-100-98-96-94-92-90-88-86-84-82-80-78-76-74-72-70-68-66-64-62-60-58-56-54-52-50-48-46-44-42-40-38-36-34-32-30-28-26-24-22-20-18-16-14-12-10-8-6-4-2/h1H,2H3. The maximum absolute atomic E-state index is 4.96. The van der Waals surface area contributed by atoms with Crippen molar-refractivity contribution in [3.8, 4) is 865 Å². The van der Waals surface area contributed by atoms with Gasteiger partial charge in [0.15, 0.2) is 0 Å². The van der Waals surface area contributed by atoms with E-state index in [1.165, 1.54) is 0 Å². The minimum Gasteiger partial charge on any atom is -0.106 e. The van der Waals surface area contributed by atoms with Crippen molar-refractivity contribution in [2.24, 2.45) is 0 Å². The number of terminal acetylenes is 1. The summed E-state index contributed by atoms with van der Waals surface area (Å²) < 4.78 is 0. The molecule has 592 valence electrons. The second-order valence-electron chi connectivity index (χ2n) is 18.3. The van der Waals surface area contributed by atoms with Gasteiger partial charge in [-0.05, 0) is 102 Å². The van der Waals surface area contributed by atoms with Gasteiger partial charge in [-0.25, -0.2) is 0 Å². The molecule has 0 saturated carbocycles. The molecule has 0 aromatic rings. The highest BCUT2D eigenvalue weighted by Gasteiger charge is 1.72. The minimum absolute atomic E-state index is 1.68. The molecule has 0 nitrogen and oxygen atoms in total. The van der Waals surface area contributed by atoms with Crippen LogP contribution < -0.4 is 0 Å². The third-order valence-corrected chi connectivity index (χ3v) is 9.07. The van der Waals surface area contributed by atoms with E-state index >= 15 is 0 Å². The van der Waals surface area contributed by atoms with Gasteiger partial charge in [-0.1, -0.05) is 5.92 Å². The molecule has 0 radical (unpaired) electrons. The monoisotopic (exact) mass is 1770 g/mol. The second-order valence-corrected chi connectivity index (χ2v) is 18.3. The van der Waals surface area contributed by atoms with Crippen LogP contribution in [0.15, 0.2) is 0 Å².